The number of halogens is 1. The molecular weight excluding hydrogens is 479 g/mol. The van der Waals surface area contributed by atoms with Gasteiger partial charge in [-0.2, -0.15) is 0 Å². The van der Waals surface area contributed by atoms with Gasteiger partial charge in [-0.3, -0.25) is 4.79 Å². The van der Waals surface area contributed by atoms with Gasteiger partial charge in [-0.15, -0.1) is 0 Å². The van der Waals surface area contributed by atoms with Crippen molar-refractivity contribution in [2.24, 2.45) is 0 Å². The molecule has 0 bridgehead atoms. The van der Waals surface area contributed by atoms with E-state index in [4.69, 9.17) is 14.7 Å². The van der Waals surface area contributed by atoms with Gasteiger partial charge < -0.3 is 30.3 Å². The molecule has 2 aliphatic rings. The highest BCUT2D eigenvalue weighted by Crippen LogP contribution is 2.31. The standard InChI is InChI=1S/C24H31FN6O4.C2H6/c1-24(2,34)22(32)31-10-7-18-19(15-31)28-20(29-21(18)30-11-13-35-14-12-30)16-3-5-17(6-4-16)27-23(33)26-9-8-25;1-2/h3-6,34H,7-15H2,1-2H3,(H2,26,27,33);1-2H3. The number of morpholine rings is 1. The summed E-state index contributed by atoms with van der Waals surface area (Å²) < 4.78 is 17.8. The van der Waals surface area contributed by atoms with Crippen molar-refractivity contribution in [3.63, 3.8) is 0 Å². The summed E-state index contributed by atoms with van der Waals surface area (Å²) in [7, 11) is 0. The van der Waals surface area contributed by atoms with Crippen LogP contribution in [0, 0.1) is 0 Å². The van der Waals surface area contributed by atoms with Gasteiger partial charge >= 0.3 is 6.03 Å². The minimum Gasteiger partial charge on any atom is -0.381 e. The Morgan fingerprint density at radius 3 is 2.41 bits per heavy atom. The van der Waals surface area contributed by atoms with Gasteiger partial charge in [0.2, 0.25) is 0 Å². The Labute approximate surface area is 217 Å². The molecule has 202 valence electrons. The number of nitrogens with zero attached hydrogens (tertiary/aromatic N) is 4. The summed E-state index contributed by atoms with van der Waals surface area (Å²) in [4.78, 5) is 38.0. The molecule has 3 N–H and O–H groups in total. The summed E-state index contributed by atoms with van der Waals surface area (Å²) in [6, 6.07) is 6.58. The van der Waals surface area contributed by atoms with E-state index in [1.807, 2.05) is 13.8 Å². The molecule has 0 spiro atoms. The zero-order chi connectivity index (χ0) is 27.0. The number of aromatic nitrogens is 2. The lowest BCUT2D eigenvalue weighted by Gasteiger charge is -2.35. The Hall–Kier alpha value is -3.31. The van der Waals surface area contributed by atoms with Gasteiger partial charge in [0.1, 0.15) is 18.1 Å². The van der Waals surface area contributed by atoms with Gasteiger partial charge in [0.25, 0.3) is 5.91 Å². The first-order valence-electron chi connectivity index (χ1n) is 12.7. The number of anilines is 2. The van der Waals surface area contributed by atoms with Crippen LogP contribution in [0.2, 0.25) is 0 Å². The molecule has 0 saturated carbocycles. The lowest BCUT2D eigenvalue weighted by molar-refractivity contribution is -0.148. The molecule has 10 nitrogen and oxygen atoms in total. The van der Waals surface area contributed by atoms with Gasteiger partial charge in [0, 0.05) is 43.0 Å². The van der Waals surface area contributed by atoms with Crippen molar-refractivity contribution >= 4 is 23.4 Å². The topological polar surface area (TPSA) is 120 Å². The zero-order valence-corrected chi connectivity index (χ0v) is 22.0. The van der Waals surface area contributed by atoms with E-state index in [-0.39, 0.29) is 12.5 Å². The van der Waals surface area contributed by atoms with E-state index in [0.29, 0.717) is 57.3 Å². The molecule has 37 heavy (non-hydrogen) atoms. The third-order valence-corrected chi connectivity index (χ3v) is 5.95. The molecule has 0 atom stereocenters. The normalized spacial score (nSPS) is 15.3. The predicted molar refractivity (Wildman–Crippen MR) is 140 cm³/mol. The molecule has 0 radical (unpaired) electrons. The molecule has 2 aliphatic heterocycles. The van der Waals surface area contributed by atoms with Crippen molar-refractivity contribution < 1.29 is 23.8 Å². The number of benzene rings is 1. The Morgan fingerprint density at radius 2 is 1.78 bits per heavy atom. The predicted octanol–water partition coefficient (Wildman–Crippen LogP) is 2.75. The lowest BCUT2D eigenvalue weighted by atomic mass is 10.0. The van der Waals surface area contributed by atoms with Gasteiger partial charge in [-0.25, -0.2) is 19.2 Å². The Bertz CT molecular complexity index is 1070. The average Bonchev–Trinajstić information content (AvgIpc) is 2.92. The zero-order valence-electron chi connectivity index (χ0n) is 22.0. The van der Waals surface area contributed by atoms with Crippen molar-refractivity contribution in [3.8, 4) is 11.4 Å². The van der Waals surface area contributed by atoms with Crippen LogP contribution in [0.25, 0.3) is 11.4 Å². The summed E-state index contributed by atoms with van der Waals surface area (Å²) in [6.45, 7) is 9.73. The van der Waals surface area contributed by atoms with Crippen LogP contribution in [-0.2, 0) is 22.5 Å². The van der Waals surface area contributed by atoms with Crippen molar-refractivity contribution in [1.29, 1.82) is 0 Å². The fourth-order valence-electron chi connectivity index (χ4n) is 4.18. The molecule has 1 aromatic heterocycles. The third-order valence-electron chi connectivity index (χ3n) is 5.95. The largest absolute Gasteiger partial charge is 0.381 e. The number of fused-ring (bicyclic) bond motifs is 1. The summed E-state index contributed by atoms with van der Waals surface area (Å²) in [6.07, 6.45) is 0.598. The van der Waals surface area contributed by atoms with Crippen LogP contribution in [-0.4, -0.2) is 83.6 Å². The molecule has 1 aromatic carbocycles. The molecule has 3 heterocycles. The fourth-order valence-corrected chi connectivity index (χ4v) is 4.18. The average molecular weight is 517 g/mol. The van der Waals surface area contributed by atoms with Crippen LogP contribution < -0.4 is 15.5 Å². The minimum absolute atomic E-state index is 0.0514. The molecule has 0 unspecified atom stereocenters. The van der Waals surface area contributed by atoms with Crippen LogP contribution in [0.1, 0.15) is 39.0 Å². The van der Waals surface area contributed by atoms with Crippen molar-refractivity contribution in [2.45, 2.75) is 46.3 Å². The molecule has 1 fully saturated rings. The SMILES string of the molecule is CC.CC(C)(O)C(=O)N1CCc2c(nc(-c3ccc(NC(=O)NCCF)cc3)nc2N2CCOCC2)C1. The molecule has 3 amide bonds. The number of urea groups is 1. The number of aliphatic hydroxyl groups is 1. The van der Waals surface area contributed by atoms with Crippen LogP contribution in [0.4, 0.5) is 20.7 Å². The highest BCUT2D eigenvalue weighted by Gasteiger charge is 2.34. The maximum atomic E-state index is 12.7. The highest BCUT2D eigenvalue weighted by atomic mass is 19.1. The second-order valence-electron chi connectivity index (χ2n) is 9.08. The van der Waals surface area contributed by atoms with E-state index < -0.39 is 18.3 Å². The number of rotatable bonds is 6. The van der Waals surface area contributed by atoms with Gasteiger partial charge in [0.05, 0.1) is 25.5 Å². The number of hydrogen-bond donors (Lipinski definition) is 3. The smallest absolute Gasteiger partial charge is 0.319 e. The number of hydrogen-bond acceptors (Lipinski definition) is 7. The monoisotopic (exact) mass is 516 g/mol. The number of alkyl halides is 1. The number of amides is 3. The number of carbonyl (C=O) groups excluding carboxylic acids is 2. The molecule has 1 saturated heterocycles. The minimum atomic E-state index is -1.46. The van der Waals surface area contributed by atoms with Crippen molar-refractivity contribution in [3.05, 3.63) is 35.5 Å². The third kappa shape index (κ3) is 7.14. The van der Waals surface area contributed by atoms with E-state index in [1.54, 1.807) is 29.2 Å². The molecule has 2 aromatic rings. The summed E-state index contributed by atoms with van der Waals surface area (Å²) >= 11 is 0. The first-order chi connectivity index (χ1) is 17.8. The quantitative estimate of drug-likeness (QED) is 0.540. The lowest BCUT2D eigenvalue weighted by Crippen LogP contribution is -2.47. The van der Waals surface area contributed by atoms with E-state index in [1.165, 1.54) is 13.8 Å². The van der Waals surface area contributed by atoms with E-state index in [0.717, 1.165) is 22.6 Å². The molecular formula is C26H37FN6O4. The Balaban J connectivity index is 0.00000186. The van der Waals surface area contributed by atoms with Crippen LogP contribution in [0.5, 0.6) is 0 Å². The van der Waals surface area contributed by atoms with Gasteiger partial charge in [-0.1, -0.05) is 13.8 Å². The summed E-state index contributed by atoms with van der Waals surface area (Å²) in [5.41, 5.74) is 1.62. The van der Waals surface area contributed by atoms with E-state index >= 15 is 0 Å². The van der Waals surface area contributed by atoms with Crippen molar-refractivity contribution in [2.75, 3.05) is 56.3 Å². The van der Waals surface area contributed by atoms with Gasteiger partial charge in [0.15, 0.2) is 5.82 Å². The van der Waals surface area contributed by atoms with Crippen LogP contribution in [0.15, 0.2) is 24.3 Å². The second-order valence-corrected chi connectivity index (χ2v) is 9.08. The Kier molecular flexibility index (Phi) is 9.76. The van der Waals surface area contributed by atoms with E-state index in [2.05, 4.69) is 15.5 Å². The maximum absolute atomic E-state index is 12.7. The Morgan fingerprint density at radius 1 is 1.11 bits per heavy atom. The first-order valence-corrected chi connectivity index (χ1v) is 12.7. The molecule has 0 aliphatic carbocycles. The van der Waals surface area contributed by atoms with Gasteiger partial charge in [-0.05, 0) is 44.5 Å². The highest BCUT2D eigenvalue weighted by molar-refractivity contribution is 5.89. The molecule has 4 rings (SSSR count). The second kappa shape index (κ2) is 12.8. The molecule has 11 heteroatoms. The first kappa shape index (κ1) is 28.3. The van der Waals surface area contributed by atoms with Crippen LogP contribution >= 0.6 is 0 Å². The summed E-state index contributed by atoms with van der Waals surface area (Å²) in [5, 5.41) is 15.3. The van der Waals surface area contributed by atoms with E-state index in [9.17, 15) is 19.1 Å². The van der Waals surface area contributed by atoms with Crippen molar-refractivity contribution in [1.82, 2.24) is 20.2 Å². The summed E-state index contributed by atoms with van der Waals surface area (Å²) in [5.74, 6) is 1.02. The van der Waals surface area contributed by atoms with Crippen LogP contribution in [0.3, 0.4) is 0 Å². The fraction of sp³-hybridized carbons (Fsp3) is 0.538. The maximum Gasteiger partial charge on any atom is 0.319 e. The number of carbonyl (C=O) groups is 2. The number of nitrogens with one attached hydrogen (secondary N) is 2. The number of ether oxygens (including phenoxy) is 1.